The number of nitrogens with zero attached hydrogens (tertiary/aromatic N) is 1. The first-order valence-corrected chi connectivity index (χ1v) is 7.16. The molecule has 100 valence electrons. The maximum absolute atomic E-state index is 11.6. The fraction of sp³-hybridized carbons (Fsp3) is 0.364. The van der Waals surface area contributed by atoms with Gasteiger partial charge in [-0.15, -0.1) is 0 Å². The van der Waals surface area contributed by atoms with Crippen molar-refractivity contribution in [3.63, 3.8) is 0 Å². The van der Waals surface area contributed by atoms with Crippen molar-refractivity contribution in [1.29, 1.82) is 0 Å². The van der Waals surface area contributed by atoms with Gasteiger partial charge in [-0.05, 0) is 12.0 Å². The van der Waals surface area contributed by atoms with Crippen LogP contribution in [0.4, 0.5) is 0 Å². The second-order valence-electron chi connectivity index (χ2n) is 3.79. The molecule has 1 aromatic carbocycles. The molecule has 4 N–H and O–H groups in total. The Balaban J connectivity index is 2.36. The van der Waals surface area contributed by atoms with Crippen LogP contribution in [0.3, 0.4) is 0 Å². The first-order chi connectivity index (χ1) is 8.53. The molecule has 0 heterocycles. The van der Waals surface area contributed by atoms with Crippen LogP contribution in [0.25, 0.3) is 0 Å². The van der Waals surface area contributed by atoms with Crippen LogP contribution >= 0.6 is 0 Å². The maximum Gasteiger partial charge on any atom is 0.211 e. The number of oxime groups is 1. The summed E-state index contributed by atoms with van der Waals surface area (Å²) in [7, 11) is -3.33. The zero-order chi connectivity index (χ0) is 13.4. The minimum atomic E-state index is -3.33. The summed E-state index contributed by atoms with van der Waals surface area (Å²) in [5, 5.41) is 11.1. The Morgan fingerprint density at radius 1 is 1.33 bits per heavy atom. The first kappa shape index (κ1) is 14.5. The van der Waals surface area contributed by atoms with E-state index in [1.807, 2.05) is 30.3 Å². The lowest BCUT2D eigenvalue weighted by Gasteiger charge is -2.06. The van der Waals surface area contributed by atoms with Gasteiger partial charge in [0.25, 0.3) is 0 Å². The van der Waals surface area contributed by atoms with Crippen molar-refractivity contribution < 1.29 is 13.6 Å². The Bertz CT molecular complexity index is 486. The maximum atomic E-state index is 11.6. The molecule has 0 unspecified atom stereocenters. The summed E-state index contributed by atoms with van der Waals surface area (Å²) in [5.41, 5.74) is 6.20. The molecule has 6 nitrogen and oxygen atoms in total. The van der Waals surface area contributed by atoms with Crippen molar-refractivity contribution >= 4 is 15.9 Å². The monoisotopic (exact) mass is 271 g/mol. The predicted octanol–water partition coefficient (Wildman–Crippen LogP) is 0.285. The Hall–Kier alpha value is -1.60. The fourth-order valence-corrected chi connectivity index (χ4v) is 2.42. The number of sulfonamides is 1. The Labute approximate surface area is 107 Å². The molecule has 1 rings (SSSR count). The lowest BCUT2D eigenvalue weighted by atomic mass is 10.2. The zero-order valence-corrected chi connectivity index (χ0v) is 10.7. The largest absolute Gasteiger partial charge is 0.409 e. The second kappa shape index (κ2) is 6.97. The van der Waals surface area contributed by atoms with Gasteiger partial charge in [-0.25, -0.2) is 13.1 Å². The average molecular weight is 271 g/mol. The number of benzene rings is 1. The van der Waals surface area contributed by atoms with E-state index in [1.165, 1.54) is 0 Å². The van der Waals surface area contributed by atoms with E-state index in [9.17, 15) is 8.42 Å². The highest BCUT2D eigenvalue weighted by atomic mass is 32.2. The van der Waals surface area contributed by atoms with Crippen molar-refractivity contribution in [1.82, 2.24) is 4.72 Å². The summed E-state index contributed by atoms with van der Waals surface area (Å²) >= 11 is 0. The molecule has 7 heteroatoms. The quantitative estimate of drug-likeness (QED) is 0.287. The van der Waals surface area contributed by atoms with Crippen LogP contribution in [0.5, 0.6) is 0 Å². The molecular weight excluding hydrogens is 254 g/mol. The van der Waals surface area contributed by atoms with Crippen LogP contribution in [0.1, 0.15) is 12.0 Å². The van der Waals surface area contributed by atoms with Gasteiger partial charge in [0.2, 0.25) is 10.0 Å². The van der Waals surface area contributed by atoms with E-state index in [0.29, 0.717) is 6.42 Å². The van der Waals surface area contributed by atoms with E-state index in [2.05, 4.69) is 9.88 Å². The minimum Gasteiger partial charge on any atom is -0.409 e. The van der Waals surface area contributed by atoms with Crippen LogP contribution in [0.2, 0.25) is 0 Å². The predicted molar refractivity (Wildman–Crippen MR) is 70.0 cm³/mol. The van der Waals surface area contributed by atoms with Gasteiger partial charge in [-0.2, -0.15) is 0 Å². The number of nitrogens with two attached hydrogens (primary N) is 1. The number of nitrogens with one attached hydrogen (secondary N) is 1. The van der Waals surface area contributed by atoms with Gasteiger partial charge in [0.15, 0.2) is 0 Å². The van der Waals surface area contributed by atoms with Gasteiger partial charge in [-0.1, -0.05) is 35.5 Å². The first-order valence-electron chi connectivity index (χ1n) is 5.51. The van der Waals surface area contributed by atoms with Crippen LogP contribution in [-0.4, -0.2) is 31.8 Å². The minimum absolute atomic E-state index is 0.000703. The van der Waals surface area contributed by atoms with Crippen LogP contribution in [0, 0.1) is 0 Å². The molecule has 0 radical (unpaired) electrons. The lowest BCUT2D eigenvalue weighted by molar-refractivity contribution is 0.317. The average Bonchev–Trinajstić information content (AvgIpc) is 2.37. The molecule has 0 bridgehead atoms. The molecule has 0 fully saturated rings. The Morgan fingerprint density at radius 3 is 2.61 bits per heavy atom. The van der Waals surface area contributed by atoms with Gasteiger partial charge < -0.3 is 10.9 Å². The van der Waals surface area contributed by atoms with E-state index < -0.39 is 10.0 Å². The fourth-order valence-electron chi connectivity index (χ4n) is 1.35. The highest BCUT2D eigenvalue weighted by Gasteiger charge is 2.09. The van der Waals surface area contributed by atoms with Crippen LogP contribution in [-0.2, 0) is 16.4 Å². The molecule has 18 heavy (non-hydrogen) atoms. The third-order valence-electron chi connectivity index (χ3n) is 2.33. The number of rotatable bonds is 7. The van der Waals surface area contributed by atoms with E-state index in [1.54, 1.807) is 0 Å². The topological polar surface area (TPSA) is 105 Å². The number of amidine groups is 1. The van der Waals surface area contributed by atoms with Gasteiger partial charge >= 0.3 is 0 Å². The van der Waals surface area contributed by atoms with Crippen LogP contribution in [0.15, 0.2) is 35.5 Å². The lowest BCUT2D eigenvalue weighted by Crippen LogP contribution is -2.30. The van der Waals surface area contributed by atoms with Gasteiger partial charge in [0.1, 0.15) is 5.84 Å². The van der Waals surface area contributed by atoms with Gasteiger partial charge in [0.05, 0.1) is 5.75 Å². The molecule has 0 saturated heterocycles. The molecule has 0 atom stereocenters. The number of hydrogen-bond donors (Lipinski definition) is 3. The van der Waals surface area contributed by atoms with E-state index in [-0.39, 0.29) is 24.6 Å². The van der Waals surface area contributed by atoms with E-state index in [0.717, 1.165) is 5.56 Å². The highest BCUT2D eigenvalue weighted by molar-refractivity contribution is 7.89. The van der Waals surface area contributed by atoms with E-state index in [4.69, 9.17) is 10.9 Å². The normalized spacial score (nSPS) is 12.6. The van der Waals surface area contributed by atoms with Gasteiger partial charge in [-0.3, -0.25) is 0 Å². The number of hydrogen-bond acceptors (Lipinski definition) is 4. The summed E-state index contributed by atoms with van der Waals surface area (Å²) in [5.74, 6) is 0.0217. The Kier molecular flexibility index (Phi) is 5.60. The molecule has 0 aromatic heterocycles. The zero-order valence-electron chi connectivity index (χ0n) is 9.91. The smallest absolute Gasteiger partial charge is 0.211 e. The molecule has 0 spiro atoms. The summed E-state index contributed by atoms with van der Waals surface area (Å²) in [4.78, 5) is 0. The molecule has 1 aromatic rings. The summed E-state index contributed by atoms with van der Waals surface area (Å²) < 4.78 is 25.6. The molecular formula is C11H17N3O3S. The van der Waals surface area contributed by atoms with Gasteiger partial charge in [0, 0.05) is 13.0 Å². The van der Waals surface area contributed by atoms with Crippen molar-refractivity contribution in [3.8, 4) is 0 Å². The van der Waals surface area contributed by atoms with Crippen LogP contribution < -0.4 is 10.5 Å². The molecule has 0 aliphatic carbocycles. The highest BCUT2D eigenvalue weighted by Crippen LogP contribution is 2.01. The van der Waals surface area contributed by atoms with E-state index >= 15 is 0 Å². The standard InChI is InChI=1S/C11H17N3O3S/c12-11(14-15)6-8-13-18(16,17)9-7-10-4-2-1-3-5-10/h1-5,13,15H,6-9H2,(H2,12,14). The van der Waals surface area contributed by atoms with Crippen molar-refractivity contribution in [2.45, 2.75) is 12.8 Å². The van der Waals surface area contributed by atoms with Crippen molar-refractivity contribution in [2.24, 2.45) is 10.9 Å². The second-order valence-corrected chi connectivity index (χ2v) is 5.72. The number of aryl methyl sites for hydroxylation is 1. The third kappa shape index (κ3) is 5.65. The SMILES string of the molecule is N/C(CCNS(=O)(=O)CCc1ccccc1)=N/O. The molecule has 0 amide bonds. The van der Waals surface area contributed by atoms with Crippen molar-refractivity contribution in [2.75, 3.05) is 12.3 Å². The molecule has 0 aliphatic rings. The molecule has 0 aliphatic heterocycles. The summed E-state index contributed by atoms with van der Waals surface area (Å²) in [6, 6.07) is 9.38. The Morgan fingerprint density at radius 2 is 2.00 bits per heavy atom. The third-order valence-corrected chi connectivity index (χ3v) is 3.72. The molecule has 0 saturated carbocycles. The van der Waals surface area contributed by atoms with Crippen molar-refractivity contribution in [3.05, 3.63) is 35.9 Å². The summed E-state index contributed by atoms with van der Waals surface area (Å²) in [6.45, 7) is 0.132. The summed E-state index contributed by atoms with van der Waals surface area (Å²) in [6.07, 6.45) is 0.640.